The number of hydrogen-bond acceptors (Lipinski definition) is 3. The lowest BCUT2D eigenvalue weighted by Crippen LogP contribution is -2.34. The second-order valence-electron chi connectivity index (χ2n) is 6.41. The van der Waals surface area contributed by atoms with Crippen LogP contribution in [0.2, 0.25) is 0 Å². The zero-order valence-electron chi connectivity index (χ0n) is 15.4. The van der Waals surface area contributed by atoms with E-state index in [2.05, 4.69) is 20.8 Å². The molecule has 0 saturated heterocycles. The molecule has 2 aromatic carbocycles. The van der Waals surface area contributed by atoms with Crippen LogP contribution in [0, 0.1) is 20.8 Å². The number of urea groups is 1. The summed E-state index contributed by atoms with van der Waals surface area (Å²) in [5.74, 6) is 1.47. The maximum Gasteiger partial charge on any atom is 0.320 e. The first-order chi connectivity index (χ1) is 12.5. The Hall–Kier alpha value is -3.15. The molecule has 0 aliphatic heterocycles. The Balaban J connectivity index is 1.84. The molecular formula is C20H23N5O. The van der Waals surface area contributed by atoms with Gasteiger partial charge in [0, 0.05) is 12.7 Å². The molecule has 1 unspecified atom stereocenters. The lowest BCUT2D eigenvalue weighted by atomic mass is 10.1. The molecule has 0 aliphatic rings. The Labute approximate surface area is 153 Å². The molecule has 0 aliphatic carbocycles. The monoisotopic (exact) mass is 349 g/mol. The number of carbonyl (C=O) groups is 1. The number of benzene rings is 2. The summed E-state index contributed by atoms with van der Waals surface area (Å²) in [6, 6.07) is 14.9. The lowest BCUT2D eigenvalue weighted by Gasteiger charge is -2.19. The third kappa shape index (κ3) is 3.74. The minimum atomic E-state index is -0.394. The predicted molar refractivity (Wildman–Crippen MR) is 102 cm³/mol. The Morgan fingerprint density at radius 1 is 1.00 bits per heavy atom. The second kappa shape index (κ2) is 7.39. The van der Waals surface area contributed by atoms with E-state index in [1.54, 1.807) is 0 Å². The summed E-state index contributed by atoms with van der Waals surface area (Å²) in [4.78, 5) is 12.6. The Morgan fingerprint density at radius 2 is 1.73 bits per heavy atom. The van der Waals surface area contributed by atoms with Crippen molar-refractivity contribution in [3.8, 4) is 0 Å². The van der Waals surface area contributed by atoms with Crippen molar-refractivity contribution in [2.45, 2.75) is 26.8 Å². The molecule has 1 heterocycles. The molecule has 6 nitrogen and oxygen atoms in total. The van der Waals surface area contributed by atoms with Gasteiger partial charge >= 0.3 is 6.03 Å². The lowest BCUT2D eigenvalue weighted by molar-refractivity contribution is 0.249. The van der Waals surface area contributed by atoms with Crippen molar-refractivity contribution in [2.24, 2.45) is 7.05 Å². The molecule has 6 heteroatoms. The molecule has 0 radical (unpaired) electrons. The average Bonchev–Trinajstić information content (AvgIpc) is 2.96. The van der Waals surface area contributed by atoms with Crippen molar-refractivity contribution in [3.05, 3.63) is 76.9 Å². The summed E-state index contributed by atoms with van der Waals surface area (Å²) in [5, 5.41) is 14.3. The maximum atomic E-state index is 12.6. The van der Waals surface area contributed by atoms with Crippen LogP contribution in [0.4, 0.5) is 10.5 Å². The minimum Gasteiger partial charge on any atom is -0.324 e. The van der Waals surface area contributed by atoms with E-state index in [0.717, 1.165) is 22.6 Å². The number of rotatable bonds is 4. The van der Waals surface area contributed by atoms with Gasteiger partial charge in [-0.1, -0.05) is 36.4 Å². The van der Waals surface area contributed by atoms with E-state index in [1.165, 1.54) is 5.56 Å². The third-order valence-corrected chi connectivity index (χ3v) is 4.56. The highest BCUT2D eigenvalue weighted by Crippen LogP contribution is 2.21. The number of anilines is 1. The number of carbonyl (C=O) groups excluding carboxylic acids is 1. The molecule has 0 bridgehead atoms. The van der Waals surface area contributed by atoms with Gasteiger partial charge in [-0.15, -0.1) is 10.2 Å². The van der Waals surface area contributed by atoms with E-state index in [-0.39, 0.29) is 6.03 Å². The van der Waals surface area contributed by atoms with Crippen LogP contribution in [-0.4, -0.2) is 20.8 Å². The average molecular weight is 349 g/mol. The largest absolute Gasteiger partial charge is 0.324 e. The van der Waals surface area contributed by atoms with E-state index in [4.69, 9.17) is 0 Å². The summed E-state index contributed by atoms with van der Waals surface area (Å²) in [6.45, 7) is 5.95. The summed E-state index contributed by atoms with van der Waals surface area (Å²) in [7, 11) is 1.89. The van der Waals surface area contributed by atoms with Gasteiger partial charge in [0.05, 0.1) is 0 Å². The molecule has 0 spiro atoms. The molecule has 0 fully saturated rings. The van der Waals surface area contributed by atoms with Crippen LogP contribution >= 0.6 is 0 Å². The Kier molecular flexibility index (Phi) is 5.02. The van der Waals surface area contributed by atoms with Gasteiger partial charge in [-0.25, -0.2) is 4.79 Å². The normalized spacial score (nSPS) is 11.8. The van der Waals surface area contributed by atoms with Crippen LogP contribution < -0.4 is 10.6 Å². The molecule has 2 N–H and O–H groups in total. The topological polar surface area (TPSA) is 71.8 Å². The Bertz CT molecular complexity index is 917. The van der Waals surface area contributed by atoms with Crippen LogP contribution in [0.25, 0.3) is 0 Å². The van der Waals surface area contributed by atoms with Crippen molar-refractivity contribution in [3.63, 3.8) is 0 Å². The number of aryl methyl sites for hydroxylation is 3. The fraction of sp³-hybridized carbons (Fsp3) is 0.250. The van der Waals surface area contributed by atoms with Gasteiger partial charge in [-0.3, -0.25) is 0 Å². The molecular weight excluding hydrogens is 326 g/mol. The van der Waals surface area contributed by atoms with Crippen molar-refractivity contribution in [1.82, 2.24) is 20.1 Å². The summed E-state index contributed by atoms with van der Waals surface area (Å²) < 4.78 is 1.88. The zero-order valence-corrected chi connectivity index (χ0v) is 15.4. The first kappa shape index (κ1) is 17.7. The van der Waals surface area contributed by atoms with Crippen molar-refractivity contribution in [2.75, 3.05) is 5.32 Å². The van der Waals surface area contributed by atoms with Gasteiger partial charge < -0.3 is 15.2 Å². The predicted octanol–water partition coefficient (Wildman–Crippen LogP) is 3.65. The smallest absolute Gasteiger partial charge is 0.320 e. The van der Waals surface area contributed by atoms with E-state index in [9.17, 15) is 4.79 Å². The van der Waals surface area contributed by atoms with Crippen LogP contribution in [0.5, 0.6) is 0 Å². The van der Waals surface area contributed by atoms with Gasteiger partial charge in [0.25, 0.3) is 0 Å². The van der Waals surface area contributed by atoms with Crippen molar-refractivity contribution < 1.29 is 4.79 Å². The molecule has 1 atom stereocenters. The molecule has 134 valence electrons. The van der Waals surface area contributed by atoms with Crippen molar-refractivity contribution >= 4 is 11.7 Å². The quantitative estimate of drug-likeness (QED) is 0.755. The van der Waals surface area contributed by atoms with E-state index in [1.807, 2.05) is 80.9 Å². The number of nitrogens with one attached hydrogen (secondary N) is 2. The first-order valence-electron chi connectivity index (χ1n) is 8.51. The van der Waals surface area contributed by atoms with Gasteiger partial charge in [-0.05, 0) is 49.6 Å². The number of hydrogen-bond donors (Lipinski definition) is 2. The highest BCUT2D eigenvalue weighted by molar-refractivity contribution is 5.89. The highest BCUT2D eigenvalue weighted by atomic mass is 16.2. The van der Waals surface area contributed by atoms with Gasteiger partial charge in [0.15, 0.2) is 5.82 Å². The fourth-order valence-corrected chi connectivity index (χ4v) is 2.73. The Morgan fingerprint density at radius 3 is 2.35 bits per heavy atom. The first-order valence-corrected chi connectivity index (χ1v) is 8.51. The number of nitrogens with zero attached hydrogens (tertiary/aromatic N) is 3. The second-order valence-corrected chi connectivity index (χ2v) is 6.41. The van der Waals surface area contributed by atoms with Gasteiger partial charge in [-0.2, -0.15) is 0 Å². The van der Waals surface area contributed by atoms with Crippen LogP contribution in [0.3, 0.4) is 0 Å². The molecule has 0 saturated carbocycles. The van der Waals surface area contributed by atoms with Crippen LogP contribution in [0.15, 0.2) is 48.5 Å². The minimum absolute atomic E-state index is 0.289. The third-order valence-electron chi connectivity index (χ3n) is 4.56. The van der Waals surface area contributed by atoms with E-state index >= 15 is 0 Å². The van der Waals surface area contributed by atoms with Gasteiger partial charge in [0.1, 0.15) is 11.9 Å². The SMILES string of the molecule is Cc1ccc(NC(=O)NC(c2ccccc2)c2nnc(C)n2C)cc1C. The number of amides is 2. The van der Waals surface area contributed by atoms with E-state index in [0.29, 0.717) is 5.82 Å². The highest BCUT2D eigenvalue weighted by Gasteiger charge is 2.22. The fourth-order valence-electron chi connectivity index (χ4n) is 2.73. The molecule has 3 rings (SSSR count). The molecule has 3 aromatic rings. The van der Waals surface area contributed by atoms with Crippen molar-refractivity contribution in [1.29, 1.82) is 0 Å². The molecule has 26 heavy (non-hydrogen) atoms. The van der Waals surface area contributed by atoms with Crippen LogP contribution in [-0.2, 0) is 7.05 Å². The van der Waals surface area contributed by atoms with Gasteiger partial charge in [0.2, 0.25) is 0 Å². The number of aromatic nitrogens is 3. The van der Waals surface area contributed by atoms with E-state index < -0.39 is 6.04 Å². The molecule has 2 amide bonds. The summed E-state index contributed by atoms with van der Waals surface area (Å²) in [6.07, 6.45) is 0. The van der Waals surface area contributed by atoms with Crippen LogP contribution in [0.1, 0.15) is 34.4 Å². The zero-order chi connectivity index (χ0) is 18.7. The summed E-state index contributed by atoms with van der Waals surface area (Å²) >= 11 is 0. The molecule has 1 aromatic heterocycles. The maximum absolute atomic E-state index is 12.6. The standard InChI is InChI=1S/C20H23N5O/c1-13-10-11-17(12-14(13)2)21-20(26)22-18(16-8-6-5-7-9-16)19-24-23-15(3)25(19)4/h5-12,18H,1-4H3,(H2,21,22,26). The summed E-state index contributed by atoms with van der Waals surface area (Å²) in [5.41, 5.74) is 4.02.